The second-order valence-corrected chi connectivity index (χ2v) is 6.28. The maximum absolute atomic E-state index is 4.13. The molecule has 0 amide bonds. The summed E-state index contributed by atoms with van der Waals surface area (Å²) < 4.78 is 1.74. The van der Waals surface area contributed by atoms with Gasteiger partial charge in [0.2, 0.25) is 0 Å². The van der Waals surface area contributed by atoms with Gasteiger partial charge in [0.1, 0.15) is 0 Å². The summed E-state index contributed by atoms with van der Waals surface area (Å²) >= 11 is 1.76. The normalized spacial score (nSPS) is 11.1. The van der Waals surface area contributed by atoms with Gasteiger partial charge < -0.3 is 5.32 Å². The molecule has 4 rings (SSSR count). The van der Waals surface area contributed by atoms with E-state index in [0.717, 1.165) is 35.4 Å². The van der Waals surface area contributed by atoms with Gasteiger partial charge in [-0.25, -0.2) is 0 Å². The molecule has 0 bridgehead atoms. The van der Waals surface area contributed by atoms with E-state index in [1.165, 1.54) is 4.88 Å². The van der Waals surface area contributed by atoms with Crippen molar-refractivity contribution >= 4 is 17.0 Å². The topological polar surface area (TPSA) is 55.1 Å². The summed E-state index contributed by atoms with van der Waals surface area (Å²) in [6.45, 7) is 1.57. The van der Waals surface area contributed by atoms with Gasteiger partial charge in [-0.15, -0.1) is 16.4 Å². The predicted molar refractivity (Wildman–Crippen MR) is 91.1 cm³/mol. The number of nitrogens with one attached hydrogen (secondary N) is 1. The van der Waals surface area contributed by atoms with Crippen molar-refractivity contribution in [2.75, 3.05) is 0 Å². The van der Waals surface area contributed by atoms with Gasteiger partial charge in [0.25, 0.3) is 0 Å². The maximum Gasteiger partial charge on any atom is 0.183 e. The monoisotopic (exact) mass is 321 g/mol. The summed E-state index contributed by atoms with van der Waals surface area (Å²) in [6, 6.07) is 16.6. The molecule has 0 spiro atoms. The van der Waals surface area contributed by atoms with Crippen molar-refractivity contribution in [2.24, 2.45) is 0 Å². The number of hydrogen-bond donors (Lipinski definition) is 1. The molecule has 1 N–H and O–H groups in total. The molecule has 0 saturated carbocycles. The summed E-state index contributed by atoms with van der Waals surface area (Å²) in [4.78, 5) is 1.32. The number of rotatable bonds is 5. The zero-order chi connectivity index (χ0) is 15.5. The Bertz CT molecular complexity index is 899. The quantitative estimate of drug-likeness (QED) is 0.613. The summed E-state index contributed by atoms with van der Waals surface area (Å²) in [5, 5.41) is 17.5. The Kier molecular flexibility index (Phi) is 3.83. The van der Waals surface area contributed by atoms with Crippen molar-refractivity contribution < 1.29 is 0 Å². The Morgan fingerprint density at radius 3 is 2.74 bits per heavy atom. The molecule has 0 fully saturated rings. The van der Waals surface area contributed by atoms with Crippen LogP contribution in [0.5, 0.6) is 0 Å². The molecule has 3 heterocycles. The SMILES string of the molecule is c1ccc(-c2cc(CNCc3cccs3)c3nnnn3c2)cc1. The zero-order valence-corrected chi connectivity index (χ0v) is 13.2. The van der Waals surface area contributed by atoms with Crippen molar-refractivity contribution in [1.82, 2.24) is 25.4 Å². The average molecular weight is 321 g/mol. The fourth-order valence-corrected chi connectivity index (χ4v) is 3.24. The van der Waals surface area contributed by atoms with Crippen molar-refractivity contribution in [3.8, 4) is 11.1 Å². The van der Waals surface area contributed by atoms with Crippen LogP contribution in [-0.4, -0.2) is 20.0 Å². The summed E-state index contributed by atoms with van der Waals surface area (Å²) in [5.74, 6) is 0. The third-order valence-corrected chi connectivity index (χ3v) is 4.55. The number of benzene rings is 1. The van der Waals surface area contributed by atoms with E-state index in [-0.39, 0.29) is 0 Å². The van der Waals surface area contributed by atoms with E-state index in [2.05, 4.69) is 56.6 Å². The first-order valence-corrected chi connectivity index (χ1v) is 8.27. The van der Waals surface area contributed by atoms with Crippen LogP contribution in [0.25, 0.3) is 16.8 Å². The van der Waals surface area contributed by atoms with Gasteiger partial charge in [-0.3, -0.25) is 0 Å². The zero-order valence-electron chi connectivity index (χ0n) is 12.4. The molecule has 0 unspecified atom stereocenters. The number of hydrogen-bond acceptors (Lipinski definition) is 5. The van der Waals surface area contributed by atoms with Gasteiger partial charge in [0.15, 0.2) is 5.65 Å². The molecule has 4 aromatic rings. The van der Waals surface area contributed by atoms with E-state index in [4.69, 9.17) is 0 Å². The van der Waals surface area contributed by atoms with Crippen LogP contribution in [-0.2, 0) is 13.1 Å². The van der Waals surface area contributed by atoms with Crippen molar-refractivity contribution in [2.45, 2.75) is 13.1 Å². The molecule has 23 heavy (non-hydrogen) atoms. The highest BCUT2D eigenvalue weighted by Gasteiger charge is 2.09. The van der Waals surface area contributed by atoms with Gasteiger partial charge in [-0.2, -0.15) is 4.52 Å². The van der Waals surface area contributed by atoms with Crippen LogP contribution in [0.15, 0.2) is 60.1 Å². The van der Waals surface area contributed by atoms with Crippen molar-refractivity contribution in [3.63, 3.8) is 0 Å². The standard InChI is InChI=1S/C17H15N5S/c1-2-5-13(6-3-1)15-9-14(17-19-20-21-22(17)12-15)10-18-11-16-7-4-8-23-16/h1-9,12,18H,10-11H2. The highest BCUT2D eigenvalue weighted by Crippen LogP contribution is 2.22. The molecule has 1 aromatic carbocycles. The van der Waals surface area contributed by atoms with Gasteiger partial charge in [0.05, 0.1) is 0 Å². The fourth-order valence-electron chi connectivity index (χ4n) is 2.57. The Hall–Kier alpha value is -2.57. The summed E-state index contributed by atoms with van der Waals surface area (Å²) in [7, 11) is 0. The minimum absolute atomic E-state index is 0.725. The largest absolute Gasteiger partial charge is 0.308 e. The first-order valence-electron chi connectivity index (χ1n) is 7.39. The molecule has 0 atom stereocenters. The molecule has 0 saturated heterocycles. The van der Waals surface area contributed by atoms with Gasteiger partial charge in [-0.05, 0) is 33.5 Å². The van der Waals surface area contributed by atoms with Gasteiger partial charge in [-0.1, -0.05) is 36.4 Å². The lowest BCUT2D eigenvalue weighted by atomic mass is 10.1. The van der Waals surface area contributed by atoms with E-state index in [9.17, 15) is 0 Å². The third kappa shape index (κ3) is 2.99. The molecule has 0 aliphatic carbocycles. The lowest BCUT2D eigenvalue weighted by molar-refractivity contribution is 0.700. The average Bonchev–Trinajstić information content (AvgIpc) is 3.26. The first-order chi connectivity index (χ1) is 11.4. The lowest BCUT2D eigenvalue weighted by Crippen LogP contribution is -2.13. The lowest BCUT2D eigenvalue weighted by Gasteiger charge is -2.08. The van der Waals surface area contributed by atoms with E-state index < -0.39 is 0 Å². The number of pyridine rings is 1. The van der Waals surface area contributed by atoms with E-state index in [1.54, 1.807) is 15.9 Å². The molecule has 3 aromatic heterocycles. The number of fused-ring (bicyclic) bond motifs is 1. The number of thiophene rings is 1. The minimum atomic E-state index is 0.725. The Labute approximate surface area is 137 Å². The van der Waals surface area contributed by atoms with Gasteiger partial charge >= 0.3 is 0 Å². The smallest absolute Gasteiger partial charge is 0.183 e. The third-order valence-electron chi connectivity index (χ3n) is 3.67. The molecule has 0 aliphatic rings. The molecular weight excluding hydrogens is 306 g/mol. The molecule has 114 valence electrons. The van der Waals surface area contributed by atoms with Crippen LogP contribution in [0.3, 0.4) is 0 Å². The van der Waals surface area contributed by atoms with E-state index in [0.29, 0.717) is 0 Å². The minimum Gasteiger partial charge on any atom is -0.308 e. The number of aromatic nitrogens is 4. The van der Waals surface area contributed by atoms with Crippen LogP contribution in [0.4, 0.5) is 0 Å². The van der Waals surface area contributed by atoms with E-state index in [1.807, 2.05) is 24.4 Å². The van der Waals surface area contributed by atoms with E-state index >= 15 is 0 Å². The summed E-state index contributed by atoms with van der Waals surface area (Å²) in [5.41, 5.74) is 4.15. The fraction of sp³-hybridized carbons (Fsp3) is 0.118. The van der Waals surface area contributed by atoms with Crippen molar-refractivity contribution in [3.05, 3.63) is 70.5 Å². The molecular formula is C17H15N5S. The Morgan fingerprint density at radius 2 is 1.91 bits per heavy atom. The maximum atomic E-state index is 4.13. The molecule has 0 aliphatic heterocycles. The highest BCUT2D eigenvalue weighted by molar-refractivity contribution is 7.09. The van der Waals surface area contributed by atoms with Crippen LogP contribution in [0, 0.1) is 0 Å². The van der Waals surface area contributed by atoms with Gasteiger partial charge in [0, 0.05) is 35.3 Å². The summed E-state index contributed by atoms with van der Waals surface area (Å²) in [6.07, 6.45) is 1.97. The second-order valence-electron chi connectivity index (χ2n) is 5.25. The number of tetrazole rings is 1. The Morgan fingerprint density at radius 1 is 1.00 bits per heavy atom. The van der Waals surface area contributed by atoms with Crippen LogP contribution in [0.2, 0.25) is 0 Å². The Balaban J connectivity index is 1.63. The van der Waals surface area contributed by atoms with Crippen LogP contribution < -0.4 is 5.32 Å². The molecule has 5 nitrogen and oxygen atoms in total. The van der Waals surface area contributed by atoms with Crippen molar-refractivity contribution in [1.29, 1.82) is 0 Å². The highest BCUT2D eigenvalue weighted by atomic mass is 32.1. The first kappa shape index (κ1) is 14.0. The molecule has 6 heteroatoms. The van der Waals surface area contributed by atoms with Crippen LogP contribution in [0.1, 0.15) is 10.4 Å². The molecule has 0 radical (unpaired) electrons. The van der Waals surface area contributed by atoms with Crippen LogP contribution >= 0.6 is 11.3 Å². The number of nitrogens with zero attached hydrogens (tertiary/aromatic N) is 4. The predicted octanol–water partition coefficient (Wildman–Crippen LogP) is 3.14. The second kappa shape index (κ2) is 6.28.